The molecule has 1 N–H and O–H groups in total. The predicted octanol–water partition coefficient (Wildman–Crippen LogP) is 5.69. The van der Waals surface area contributed by atoms with Crippen molar-refractivity contribution in [3.05, 3.63) is 75.6 Å². The number of oxazole rings is 1. The molecule has 0 amide bonds. The molecule has 0 aliphatic heterocycles. The quantitative estimate of drug-likeness (QED) is 0.317. The van der Waals surface area contributed by atoms with Crippen LogP contribution in [-0.4, -0.2) is 16.3 Å². The minimum absolute atomic E-state index is 0.310. The van der Waals surface area contributed by atoms with E-state index in [9.17, 15) is 9.50 Å². The number of aromatic hydroxyl groups is 1. The predicted molar refractivity (Wildman–Crippen MR) is 107 cm³/mol. The molecule has 0 bridgehead atoms. The van der Waals surface area contributed by atoms with Crippen LogP contribution in [0.3, 0.4) is 0 Å². The van der Waals surface area contributed by atoms with Gasteiger partial charge in [-0.3, -0.25) is 4.99 Å². The molecule has 0 aliphatic carbocycles. The average molecular weight is 458 g/mol. The summed E-state index contributed by atoms with van der Waals surface area (Å²) in [7, 11) is 0. The molecule has 4 aromatic rings. The largest absolute Gasteiger partial charge is 0.504 e. The third-order valence-electron chi connectivity index (χ3n) is 3.81. The van der Waals surface area contributed by atoms with Gasteiger partial charge in [-0.15, -0.1) is 0 Å². The number of rotatable bonds is 3. The maximum absolute atomic E-state index is 13.4. The lowest BCUT2D eigenvalue weighted by atomic mass is 10.2. The number of phenols is 1. The smallest absolute Gasteiger partial charge is 0.227 e. The lowest BCUT2D eigenvalue weighted by Gasteiger charge is -1.99. The van der Waals surface area contributed by atoms with Crippen molar-refractivity contribution >= 4 is 45.6 Å². The Labute approximate surface area is 162 Å². The first kappa shape index (κ1) is 16.7. The molecule has 0 spiro atoms. The van der Waals surface area contributed by atoms with Crippen LogP contribution in [0.2, 0.25) is 0 Å². The standard InChI is InChI=1S/C20H12FIN2O2/c21-16-6-2-4-13(19(16)25)11-23-15-7-8-18-17(10-15)24-20(26-18)12-3-1-5-14(22)9-12/h1-11,25H. The summed E-state index contributed by atoms with van der Waals surface area (Å²) in [5.41, 5.74) is 3.18. The van der Waals surface area contributed by atoms with E-state index >= 15 is 0 Å². The molecule has 0 saturated heterocycles. The first-order valence-corrected chi connectivity index (χ1v) is 8.86. The van der Waals surface area contributed by atoms with Gasteiger partial charge in [0.15, 0.2) is 17.1 Å². The molecular weight excluding hydrogens is 446 g/mol. The van der Waals surface area contributed by atoms with Crippen LogP contribution < -0.4 is 0 Å². The summed E-state index contributed by atoms with van der Waals surface area (Å²) >= 11 is 2.24. The van der Waals surface area contributed by atoms with Crippen LogP contribution >= 0.6 is 22.6 Å². The van der Waals surface area contributed by atoms with Crippen LogP contribution in [0.25, 0.3) is 22.6 Å². The fourth-order valence-corrected chi connectivity index (χ4v) is 3.06. The molecule has 3 aromatic carbocycles. The number of aromatic nitrogens is 1. The molecule has 4 rings (SSSR count). The van der Waals surface area contributed by atoms with E-state index < -0.39 is 11.6 Å². The van der Waals surface area contributed by atoms with Crippen molar-refractivity contribution in [1.29, 1.82) is 0 Å². The van der Waals surface area contributed by atoms with Gasteiger partial charge in [0.05, 0.1) is 5.69 Å². The summed E-state index contributed by atoms with van der Waals surface area (Å²) < 4.78 is 20.3. The van der Waals surface area contributed by atoms with Gasteiger partial charge in [-0.1, -0.05) is 12.1 Å². The van der Waals surface area contributed by atoms with Gasteiger partial charge in [0, 0.05) is 20.9 Å². The maximum atomic E-state index is 13.4. The molecule has 1 aromatic heterocycles. The Morgan fingerprint density at radius 3 is 2.77 bits per heavy atom. The maximum Gasteiger partial charge on any atom is 0.227 e. The molecule has 0 atom stereocenters. The summed E-state index contributed by atoms with van der Waals surface area (Å²) in [5.74, 6) is -0.551. The topological polar surface area (TPSA) is 58.6 Å². The van der Waals surface area contributed by atoms with Crippen LogP contribution in [-0.2, 0) is 0 Å². The van der Waals surface area contributed by atoms with E-state index in [4.69, 9.17) is 4.42 Å². The highest BCUT2D eigenvalue weighted by molar-refractivity contribution is 14.1. The molecule has 128 valence electrons. The van der Waals surface area contributed by atoms with Gasteiger partial charge in [-0.25, -0.2) is 9.37 Å². The molecule has 0 saturated carbocycles. The summed E-state index contributed by atoms with van der Waals surface area (Å²) in [5, 5.41) is 9.70. The molecule has 4 nitrogen and oxygen atoms in total. The number of hydrogen-bond donors (Lipinski definition) is 1. The monoisotopic (exact) mass is 458 g/mol. The molecule has 0 unspecified atom stereocenters. The van der Waals surface area contributed by atoms with Crippen molar-refractivity contribution < 1.29 is 13.9 Å². The van der Waals surface area contributed by atoms with E-state index in [2.05, 4.69) is 32.6 Å². The highest BCUT2D eigenvalue weighted by atomic mass is 127. The van der Waals surface area contributed by atoms with E-state index in [1.807, 2.05) is 24.3 Å². The van der Waals surface area contributed by atoms with Crippen molar-refractivity contribution in [2.75, 3.05) is 0 Å². The second kappa shape index (κ2) is 6.87. The van der Waals surface area contributed by atoms with Crippen molar-refractivity contribution in [1.82, 2.24) is 4.98 Å². The number of benzene rings is 3. The third kappa shape index (κ3) is 3.32. The summed E-state index contributed by atoms with van der Waals surface area (Å²) in [6.45, 7) is 0. The zero-order valence-electron chi connectivity index (χ0n) is 13.4. The Balaban J connectivity index is 1.67. The fourth-order valence-electron chi connectivity index (χ4n) is 2.52. The average Bonchev–Trinajstić information content (AvgIpc) is 3.06. The van der Waals surface area contributed by atoms with Crippen molar-refractivity contribution in [3.8, 4) is 17.2 Å². The number of halogens is 2. The first-order valence-electron chi connectivity index (χ1n) is 7.78. The van der Waals surface area contributed by atoms with E-state index in [0.29, 0.717) is 28.2 Å². The lowest BCUT2D eigenvalue weighted by Crippen LogP contribution is -1.85. The molecule has 0 aliphatic rings. The SMILES string of the molecule is Oc1c(F)cccc1C=Nc1ccc2oc(-c3cccc(I)c3)nc2c1. The molecule has 6 heteroatoms. The highest BCUT2D eigenvalue weighted by Crippen LogP contribution is 2.28. The Kier molecular flexibility index (Phi) is 4.42. The zero-order valence-corrected chi connectivity index (χ0v) is 15.5. The van der Waals surface area contributed by atoms with Gasteiger partial charge in [-0.05, 0) is 71.1 Å². The van der Waals surface area contributed by atoms with Gasteiger partial charge in [0.25, 0.3) is 0 Å². The number of hydrogen-bond acceptors (Lipinski definition) is 4. The molecule has 26 heavy (non-hydrogen) atoms. The van der Waals surface area contributed by atoms with Crippen LogP contribution in [0.4, 0.5) is 10.1 Å². The second-order valence-corrected chi connectivity index (χ2v) is 6.86. The number of fused-ring (bicyclic) bond motifs is 1. The zero-order chi connectivity index (χ0) is 18.1. The van der Waals surface area contributed by atoms with Gasteiger partial charge < -0.3 is 9.52 Å². The summed E-state index contributed by atoms with van der Waals surface area (Å²) in [4.78, 5) is 8.81. The van der Waals surface area contributed by atoms with Crippen LogP contribution in [0, 0.1) is 9.39 Å². The van der Waals surface area contributed by atoms with Crippen molar-refractivity contribution in [2.24, 2.45) is 4.99 Å². The van der Waals surface area contributed by atoms with Crippen LogP contribution in [0.15, 0.2) is 70.1 Å². The lowest BCUT2D eigenvalue weighted by molar-refractivity contribution is 0.431. The first-order chi connectivity index (χ1) is 12.6. The summed E-state index contributed by atoms with van der Waals surface area (Å²) in [6.07, 6.45) is 1.42. The van der Waals surface area contributed by atoms with Gasteiger partial charge in [-0.2, -0.15) is 0 Å². The van der Waals surface area contributed by atoms with Crippen molar-refractivity contribution in [2.45, 2.75) is 0 Å². The van der Waals surface area contributed by atoms with E-state index in [1.54, 1.807) is 24.3 Å². The van der Waals surface area contributed by atoms with Gasteiger partial charge in [0.1, 0.15) is 5.52 Å². The third-order valence-corrected chi connectivity index (χ3v) is 4.48. The Morgan fingerprint density at radius 2 is 1.92 bits per heavy atom. The molecular formula is C20H12FIN2O2. The number of aliphatic imine (C=N–C) groups is 1. The van der Waals surface area contributed by atoms with Gasteiger partial charge >= 0.3 is 0 Å². The Bertz CT molecular complexity index is 1140. The molecule has 1 heterocycles. The highest BCUT2D eigenvalue weighted by Gasteiger charge is 2.09. The van der Waals surface area contributed by atoms with Crippen LogP contribution in [0.1, 0.15) is 5.56 Å². The normalized spacial score (nSPS) is 11.5. The molecule has 0 fully saturated rings. The molecule has 0 radical (unpaired) electrons. The minimum Gasteiger partial charge on any atom is -0.504 e. The Hall–Kier alpha value is -2.74. The van der Waals surface area contributed by atoms with Crippen LogP contribution in [0.5, 0.6) is 5.75 Å². The second-order valence-electron chi connectivity index (χ2n) is 5.62. The van der Waals surface area contributed by atoms with E-state index in [1.165, 1.54) is 18.3 Å². The number of phenolic OH excluding ortho intramolecular Hbond substituents is 1. The minimum atomic E-state index is -0.678. The van der Waals surface area contributed by atoms with E-state index in [-0.39, 0.29) is 0 Å². The number of nitrogens with zero attached hydrogens (tertiary/aromatic N) is 2. The number of para-hydroxylation sites is 1. The Morgan fingerprint density at radius 1 is 1.08 bits per heavy atom. The summed E-state index contributed by atoms with van der Waals surface area (Å²) in [6, 6.07) is 17.5. The van der Waals surface area contributed by atoms with E-state index in [0.717, 1.165) is 9.13 Å². The fraction of sp³-hybridized carbons (Fsp3) is 0. The van der Waals surface area contributed by atoms with Crippen molar-refractivity contribution in [3.63, 3.8) is 0 Å². The van der Waals surface area contributed by atoms with Gasteiger partial charge in [0.2, 0.25) is 5.89 Å².